The zero-order valence-electron chi connectivity index (χ0n) is 21.8. The highest BCUT2D eigenvalue weighted by Crippen LogP contribution is 2.28. The third kappa shape index (κ3) is 8.83. The molecule has 3 aromatic rings. The Kier molecular flexibility index (Phi) is 11.1. The van der Waals surface area contributed by atoms with Crippen LogP contribution >= 0.6 is 11.3 Å². The van der Waals surface area contributed by atoms with Crippen LogP contribution in [-0.4, -0.2) is 68.3 Å². The number of carbonyl (C=O) groups is 2. The number of nitrogens with zero attached hydrogens (tertiary/aromatic N) is 2. The van der Waals surface area contributed by atoms with E-state index in [2.05, 4.69) is 20.4 Å². The summed E-state index contributed by atoms with van der Waals surface area (Å²) in [5.74, 6) is -0.353. The van der Waals surface area contributed by atoms with Gasteiger partial charge in [0.25, 0.3) is 5.91 Å². The van der Waals surface area contributed by atoms with Crippen LogP contribution in [0, 0.1) is 0 Å². The number of benzene rings is 2. The lowest BCUT2D eigenvalue weighted by atomic mass is 10.1. The highest BCUT2D eigenvalue weighted by Gasteiger charge is 2.31. The van der Waals surface area contributed by atoms with Gasteiger partial charge >= 0.3 is 6.36 Å². The topological polar surface area (TPSA) is 123 Å². The third-order valence-electron chi connectivity index (χ3n) is 5.47. The van der Waals surface area contributed by atoms with E-state index < -0.39 is 12.3 Å². The van der Waals surface area contributed by atoms with Crippen molar-refractivity contribution in [3.8, 4) is 28.5 Å². The summed E-state index contributed by atoms with van der Waals surface area (Å²) >= 11 is 1.20. The van der Waals surface area contributed by atoms with Gasteiger partial charge in [0.2, 0.25) is 5.91 Å². The zero-order valence-corrected chi connectivity index (χ0v) is 22.6. The Morgan fingerprint density at radius 1 is 1.05 bits per heavy atom. The van der Waals surface area contributed by atoms with E-state index in [1.807, 2.05) is 0 Å². The van der Waals surface area contributed by atoms with E-state index in [-0.39, 0.29) is 36.9 Å². The van der Waals surface area contributed by atoms with E-state index in [4.69, 9.17) is 14.6 Å². The van der Waals surface area contributed by atoms with Gasteiger partial charge in [-0.1, -0.05) is 0 Å². The van der Waals surface area contributed by atoms with Gasteiger partial charge in [-0.25, -0.2) is 0 Å². The van der Waals surface area contributed by atoms with Gasteiger partial charge in [-0.05, 0) is 54.9 Å². The molecule has 0 atom stereocenters. The van der Waals surface area contributed by atoms with E-state index in [1.165, 1.54) is 49.8 Å². The summed E-state index contributed by atoms with van der Waals surface area (Å²) in [5, 5.41) is 16.1. The predicted octanol–water partition coefficient (Wildman–Crippen LogP) is 2.96. The van der Waals surface area contributed by atoms with Crippen LogP contribution in [-0.2, 0) is 11.3 Å². The quantitative estimate of drug-likeness (QED) is 0.265. The van der Waals surface area contributed by atoms with Crippen LogP contribution in [0.1, 0.15) is 16.8 Å². The molecule has 10 nitrogen and oxygen atoms in total. The molecule has 0 unspecified atom stereocenters. The van der Waals surface area contributed by atoms with Gasteiger partial charge in [0.15, 0.2) is 4.80 Å². The number of nitrogens with one attached hydrogen (secondary N) is 2. The molecule has 1 aromatic heterocycles. The zero-order chi connectivity index (χ0) is 29.1. The number of hydrogen-bond acceptors (Lipinski definition) is 8. The molecule has 0 aliphatic rings. The molecular formula is C26H29F3N4O6S. The van der Waals surface area contributed by atoms with Crippen LogP contribution in [0.2, 0.25) is 0 Å². The molecule has 14 heteroatoms. The van der Waals surface area contributed by atoms with Gasteiger partial charge in [0.1, 0.15) is 17.2 Å². The lowest BCUT2D eigenvalue weighted by molar-refractivity contribution is -0.274. The normalized spacial score (nSPS) is 11.8. The summed E-state index contributed by atoms with van der Waals surface area (Å²) in [6.07, 6.45) is -4.26. The lowest BCUT2D eigenvalue weighted by Crippen LogP contribution is -2.36. The number of hydrogen-bond donors (Lipinski definition) is 3. The Labute approximate surface area is 232 Å². The molecule has 0 radical (unpaired) electrons. The molecule has 3 rings (SSSR count). The van der Waals surface area contributed by atoms with Gasteiger partial charge < -0.3 is 34.5 Å². The molecule has 0 saturated carbocycles. The average Bonchev–Trinajstić information content (AvgIpc) is 3.32. The fourth-order valence-electron chi connectivity index (χ4n) is 3.64. The molecule has 0 spiro atoms. The maximum absolute atomic E-state index is 13.1. The number of alkyl halides is 3. The van der Waals surface area contributed by atoms with Gasteiger partial charge in [0, 0.05) is 24.5 Å². The van der Waals surface area contributed by atoms with Crippen LogP contribution in [0.4, 0.5) is 13.2 Å². The fraction of sp³-hybridized carbons (Fsp3) is 0.346. The minimum atomic E-state index is -4.80. The first-order chi connectivity index (χ1) is 19.1. The second-order valence-electron chi connectivity index (χ2n) is 8.21. The molecule has 2 amide bonds. The Bertz CT molecular complexity index is 1360. The molecule has 0 aliphatic heterocycles. The number of amides is 2. The molecule has 40 heavy (non-hydrogen) atoms. The Hall–Kier alpha value is -3.88. The average molecular weight is 583 g/mol. The number of aromatic nitrogens is 1. The van der Waals surface area contributed by atoms with E-state index >= 15 is 0 Å². The molecule has 0 aliphatic carbocycles. The van der Waals surface area contributed by atoms with Gasteiger partial charge in [-0.15, -0.1) is 24.5 Å². The summed E-state index contributed by atoms with van der Waals surface area (Å²) in [6.45, 7) is 0.914. The SMILES string of the molecule is COc1ccc(C(=O)/N=c2\scc(-c3ccc(OC(F)(F)F)cc3)n2CCCNCC(=O)NCCO)c(OC)c1. The molecule has 0 bridgehead atoms. The summed E-state index contributed by atoms with van der Waals surface area (Å²) in [5.41, 5.74) is 1.46. The highest BCUT2D eigenvalue weighted by molar-refractivity contribution is 7.07. The maximum atomic E-state index is 13.1. The minimum absolute atomic E-state index is 0.0643. The largest absolute Gasteiger partial charge is 0.573 e. The number of carbonyl (C=O) groups excluding carboxylic acids is 2. The first kappa shape index (κ1) is 30.7. The van der Waals surface area contributed by atoms with E-state index in [0.717, 1.165) is 0 Å². The van der Waals surface area contributed by atoms with Gasteiger partial charge in [-0.3, -0.25) is 9.59 Å². The van der Waals surface area contributed by atoms with Crippen LogP contribution < -0.4 is 29.6 Å². The highest BCUT2D eigenvalue weighted by atomic mass is 32.1. The predicted molar refractivity (Wildman–Crippen MR) is 141 cm³/mol. The van der Waals surface area contributed by atoms with Crippen LogP contribution in [0.5, 0.6) is 17.2 Å². The van der Waals surface area contributed by atoms with Crippen molar-refractivity contribution in [3.63, 3.8) is 0 Å². The number of halogens is 3. The van der Waals surface area contributed by atoms with E-state index in [9.17, 15) is 22.8 Å². The first-order valence-corrected chi connectivity index (χ1v) is 13.0. The van der Waals surface area contributed by atoms with Crippen LogP contribution in [0.15, 0.2) is 52.8 Å². The fourth-order valence-corrected chi connectivity index (χ4v) is 4.57. The van der Waals surface area contributed by atoms with Crippen molar-refractivity contribution in [2.24, 2.45) is 4.99 Å². The number of ether oxygens (including phenoxy) is 3. The Balaban J connectivity index is 1.87. The van der Waals surface area contributed by atoms with Crippen molar-refractivity contribution >= 4 is 23.2 Å². The van der Waals surface area contributed by atoms with Crippen molar-refractivity contribution in [3.05, 3.63) is 58.2 Å². The van der Waals surface area contributed by atoms with Crippen LogP contribution in [0.3, 0.4) is 0 Å². The summed E-state index contributed by atoms with van der Waals surface area (Å²) in [6, 6.07) is 10.1. The Morgan fingerprint density at radius 2 is 1.77 bits per heavy atom. The summed E-state index contributed by atoms with van der Waals surface area (Å²) < 4.78 is 54.0. The standard InChI is InChI=1S/C26H29F3N4O6S/c1-37-19-8-9-20(22(14-19)38-2)24(36)32-25-33(12-3-10-30-15-23(35)31-11-13-34)21(16-40-25)17-4-6-18(7-5-17)39-26(27,28)29/h4-9,14,16,30,34H,3,10-13,15H2,1-2H3,(H,31,35)/b32-25-. The van der Waals surface area contributed by atoms with Crippen molar-refractivity contribution in [2.45, 2.75) is 19.3 Å². The summed E-state index contributed by atoms with van der Waals surface area (Å²) in [7, 11) is 2.92. The smallest absolute Gasteiger partial charge is 0.497 e. The Morgan fingerprint density at radius 3 is 2.42 bits per heavy atom. The molecular weight excluding hydrogens is 553 g/mol. The monoisotopic (exact) mass is 582 g/mol. The lowest BCUT2D eigenvalue weighted by Gasteiger charge is -2.12. The first-order valence-electron chi connectivity index (χ1n) is 12.1. The van der Waals surface area contributed by atoms with Crippen molar-refractivity contribution in [1.82, 2.24) is 15.2 Å². The maximum Gasteiger partial charge on any atom is 0.573 e. The molecule has 2 aromatic carbocycles. The molecule has 1 heterocycles. The second-order valence-corrected chi connectivity index (χ2v) is 9.05. The van der Waals surface area contributed by atoms with Gasteiger partial charge in [-0.2, -0.15) is 4.99 Å². The van der Waals surface area contributed by atoms with Crippen LogP contribution in [0.25, 0.3) is 11.3 Å². The van der Waals surface area contributed by atoms with Crippen molar-refractivity contribution < 1.29 is 42.1 Å². The van der Waals surface area contributed by atoms with Crippen molar-refractivity contribution in [2.75, 3.05) is 40.5 Å². The number of rotatable bonds is 13. The molecule has 0 fully saturated rings. The second kappa shape index (κ2) is 14.5. The van der Waals surface area contributed by atoms with Crippen molar-refractivity contribution in [1.29, 1.82) is 0 Å². The number of methoxy groups -OCH3 is 2. The number of aliphatic hydroxyl groups excluding tert-OH is 1. The molecule has 3 N–H and O–H groups in total. The number of thiazole rings is 1. The summed E-state index contributed by atoms with van der Waals surface area (Å²) in [4.78, 5) is 29.5. The molecule has 216 valence electrons. The molecule has 0 saturated heterocycles. The number of aliphatic hydroxyl groups is 1. The van der Waals surface area contributed by atoms with E-state index in [0.29, 0.717) is 47.1 Å². The minimum Gasteiger partial charge on any atom is -0.497 e. The van der Waals surface area contributed by atoms with Gasteiger partial charge in [0.05, 0.1) is 38.6 Å². The third-order valence-corrected chi connectivity index (χ3v) is 6.34. The van der Waals surface area contributed by atoms with E-state index in [1.54, 1.807) is 28.1 Å².